The summed E-state index contributed by atoms with van der Waals surface area (Å²) < 4.78 is 28.4. The molecule has 130 valence electrons. The van der Waals surface area contributed by atoms with Crippen LogP contribution in [0.3, 0.4) is 0 Å². The fourth-order valence-corrected chi connectivity index (χ4v) is 3.18. The maximum atomic E-state index is 12.7. The molecule has 2 aromatic heterocycles. The Morgan fingerprint density at radius 3 is 2.92 bits per heavy atom. The minimum absolute atomic E-state index is 0.136. The Labute approximate surface area is 142 Å². The molecule has 3 aromatic rings. The summed E-state index contributed by atoms with van der Waals surface area (Å²) in [5.41, 5.74) is 1.62. The maximum Gasteiger partial charge on any atom is 0.257 e. The molecule has 0 saturated heterocycles. The van der Waals surface area contributed by atoms with Crippen LogP contribution in [-0.2, 0) is 18.4 Å². The van der Waals surface area contributed by atoms with Crippen LogP contribution in [0.15, 0.2) is 36.7 Å². The number of carbonyl (C=O) groups excluding carboxylic acids is 1. The number of halogens is 2. The number of amides is 1. The predicted molar refractivity (Wildman–Crippen MR) is 88.4 cm³/mol. The molecule has 4 rings (SSSR count). The van der Waals surface area contributed by atoms with Gasteiger partial charge in [0.25, 0.3) is 6.43 Å². The van der Waals surface area contributed by atoms with E-state index < -0.39 is 13.0 Å². The van der Waals surface area contributed by atoms with Crippen molar-refractivity contribution in [3.8, 4) is 0 Å². The predicted octanol–water partition coefficient (Wildman–Crippen LogP) is 2.78. The highest BCUT2D eigenvalue weighted by Gasteiger charge is 2.44. The fraction of sp³-hybridized carbons (Fsp3) is 0.353. The first-order valence-corrected chi connectivity index (χ1v) is 8.06. The van der Waals surface area contributed by atoms with Crippen LogP contribution in [0.1, 0.15) is 17.9 Å². The van der Waals surface area contributed by atoms with Crippen molar-refractivity contribution in [3.63, 3.8) is 0 Å². The second-order valence-electron chi connectivity index (χ2n) is 6.32. The number of fused-ring (bicyclic) bond motifs is 1. The van der Waals surface area contributed by atoms with Crippen LogP contribution in [0.25, 0.3) is 10.9 Å². The molecule has 2 heterocycles. The number of hydrogen-bond donors (Lipinski definition) is 1. The molecule has 6 nitrogen and oxygen atoms in total. The molecule has 1 aliphatic rings. The third-order valence-electron chi connectivity index (χ3n) is 4.49. The van der Waals surface area contributed by atoms with E-state index in [2.05, 4.69) is 15.5 Å². The van der Waals surface area contributed by atoms with E-state index in [1.54, 1.807) is 35.1 Å². The number of hydrogen-bond acceptors (Lipinski definition) is 3. The monoisotopic (exact) mass is 345 g/mol. The molecule has 1 saturated carbocycles. The first-order chi connectivity index (χ1) is 12.0. The number of rotatable bonds is 5. The highest BCUT2D eigenvalue weighted by Crippen LogP contribution is 2.47. The molecule has 25 heavy (non-hydrogen) atoms. The molecule has 0 unspecified atom stereocenters. The van der Waals surface area contributed by atoms with Gasteiger partial charge in [0.15, 0.2) is 5.82 Å². The molecule has 0 aliphatic heterocycles. The molecule has 1 N–H and O–H groups in total. The number of para-hydroxylation sites is 1. The largest absolute Gasteiger partial charge is 0.308 e. The second kappa shape index (κ2) is 5.94. The van der Waals surface area contributed by atoms with Crippen LogP contribution < -0.4 is 5.32 Å². The van der Waals surface area contributed by atoms with Crippen molar-refractivity contribution >= 4 is 22.6 Å². The van der Waals surface area contributed by atoms with E-state index in [0.29, 0.717) is 16.7 Å². The van der Waals surface area contributed by atoms with E-state index in [9.17, 15) is 13.6 Å². The van der Waals surface area contributed by atoms with E-state index in [4.69, 9.17) is 0 Å². The van der Waals surface area contributed by atoms with Crippen molar-refractivity contribution in [2.24, 2.45) is 13.0 Å². The summed E-state index contributed by atoms with van der Waals surface area (Å²) >= 11 is 0. The van der Waals surface area contributed by atoms with Gasteiger partial charge in [-0.2, -0.15) is 10.2 Å². The summed E-state index contributed by atoms with van der Waals surface area (Å²) in [4.78, 5) is 12.5. The third-order valence-corrected chi connectivity index (χ3v) is 4.49. The number of alkyl halides is 2. The summed E-state index contributed by atoms with van der Waals surface area (Å²) in [6, 6.07) is 7.04. The Balaban J connectivity index is 1.54. The Kier molecular flexibility index (Phi) is 3.74. The number of benzene rings is 1. The fourth-order valence-electron chi connectivity index (χ4n) is 3.18. The number of anilines is 1. The van der Waals surface area contributed by atoms with Gasteiger partial charge in [-0.25, -0.2) is 8.78 Å². The Hall–Kier alpha value is -2.77. The van der Waals surface area contributed by atoms with Gasteiger partial charge in [-0.3, -0.25) is 14.2 Å². The lowest BCUT2D eigenvalue weighted by atomic mass is 10.2. The summed E-state index contributed by atoms with van der Waals surface area (Å²) in [5.74, 6) is 0.214. The highest BCUT2D eigenvalue weighted by molar-refractivity contribution is 6.02. The highest BCUT2D eigenvalue weighted by atomic mass is 19.3. The summed E-state index contributed by atoms with van der Waals surface area (Å²) in [5, 5.41) is 11.8. The molecule has 0 bridgehead atoms. The number of aryl methyl sites for hydroxylation is 1. The smallest absolute Gasteiger partial charge is 0.257 e. The zero-order chi connectivity index (χ0) is 17.6. The first-order valence-electron chi connectivity index (χ1n) is 8.06. The lowest BCUT2D eigenvalue weighted by Crippen LogP contribution is -2.16. The van der Waals surface area contributed by atoms with E-state index in [0.717, 1.165) is 12.0 Å². The van der Waals surface area contributed by atoms with Crippen molar-refractivity contribution in [1.82, 2.24) is 19.6 Å². The van der Waals surface area contributed by atoms with Gasteiger partial charge in [-0.15, -0.1) is 0 Å². The third kappa shape index (κ3) is 2.99. The van der Waals surface area contributed by atoms with Gasteiger partial charge < -0.3 is 5.32 Å². The normalized spacial score (nSPS) is 19.5. The first kappa shape index (κ1) is 15.7. The van der Waals surface area contributed by atoms with Gasteiger partial charge >= 0.3 is 0 Å². The molecule has 0 radical (unpaired) electrons. The minimum Gasteiger partial charge on any atom is -0.308 e. The van der Waals surface area contributed by atoms with Crippen molar-refractivity contribution in [2.75, 3.05) is 5.32 Å². The van der Waals surface area contributed by atoms with Gasteiger partial charge in [0.1, 0.15) is 6.54 Å². The second-order valence-corrected chi connectivity index (χ2v) is 6.32. The maximum absolute atomic E-state index is 12.7. The van der Waals surface area contributed by atoms with Crippen molar-refractivity contribution in [3.05, 3.63) is 42.2 Å². The van der Waals surface area contributed by atoms with Crippen molar-refractivity contribution < 1.29 is 13.6 Å². The van der Waals surface area contributed by atoms with Crippen LogP contribution in [0.5, 0.6) is 0 Å². The lowest BCUT2D eigenvalue weighted by Gasteiger charge is -2.02. The van der Waals surface area contributed by atoms with E-state index in [-0.39, 0.29) is 17.7 Å². The van der Waals surface area contributed by atoms with Crippen LogP contribution in [-0.4, -0.2) is 31.9 Å². The minimum atomic E-state index is -2.51. The Morgan fingerprint density at radius 2 is 2.20 bits per heavy atom. The SMILES string of the molecule is Cn1cc([C@@H]2C[C@H]2C(=O)Nc2nn(CC(F)F)c3ccccc23)cn1. The number of nitrogens with zero attached hydrogens (tertiary/aromatic N) is 4. The average molecular weight is 345 g/mol. The van der Waals surface area contributed by atoms with Gasteiger partial charge in [0.05, 0.1) is 11.7 Å². The van der Waals surface area contributed by atoms with Gasteiger partial charge in [0.2, 0.25) is 5.91 Å². The van der Waals surface area contributed by atoms with Crippen LogP contribution >= 0.6 is 0 Å². The number of nitrogens with one attached hydrogen (secondary N) is 1. The van der Waals surface area contributed by atoms with E-state index in [1.807, 2.05) is 13.2 Å². The quantitative estimate of drug-likeness (QED) is 0.773. The number of aromatic nitrogens is 4. The summed E-state index contributed by atoms with van der Waals surface area (Å²) in [6.07, 6.45) is 1.92. The van der Waals surface area contributed by atoms with Gasteiger partial charge in [0, 0.05) is 24.5 Å². The zero-order valence-corrected chi connectivity index (χ0v) is 13.6. The van der Waals surface area contributed by atoms with Gasteiger partial charge in [-0.05, 0) is 30.0 Å². The van der Waals surface area contributed by atoms with E-state index in [1.165, 1.54) is 4.68 Å². The van der Waals surface area contributed by atoms with Crippen molar-refractivity contribution in [1.29, 1.82) is 0 Å². The van der Waals surface area contributed by atoms with Gasteiger partial charge in [-0.1, -0.05) is 12.1 Å². The lowest BCUT2D eigenvalue weighted by molar-refractivity contribution is -0.117. The number of carbonyl (C=O) groups is 1. The molecule has 8 heteroatoms. The molecule has 1 aliphatic carbocycles. The molecular formula is C17H17F2N5O. The Morgan fingerprint density at radius 1 is 1.40 bits per heavy atom. The molecule has 2 atom stereocenters. The molecule has 1 aromatic carbocycles. The molecule has 1 fully saturated rings. The molecule has 1 amide bonds. The van der Waals surface area contributed by atoms with Crippen LogP contribution in [0, 0.1) is 5.92 Å². The van der Waals surface area contributed by atoms with E-state index >= 15 is 0 Å². The zero-order valence-electron chi connectivity index (χ0n) is 13.6. The topological polar surface area (TPSA) is 64.7 Å². The van der Waals surface area contributed by atoms with Crippen LogP contribution in [0.2, 0.25) is 0 Å². The molecule has 0 spiro atoms. The standard InChI is InChI=1S/C17H17F2N5O/c1-23-8-10(7-20-23)12-6-13(12)17(25)21-16-11-4-2-3-5-14(11)24(22-16)9-15(18)19/h2-5,7-8,12-13,15H,6,9H2,1H3,(H,21,22,25)/t12-,13+/m0/s1. The van der Waals surface area contributed by atoms with Crippen molar-refractivity contribution in [2.45, 2.75) is 25.3 Å². The molecular weight excluding hydrogens is 328 g/mol. The summed E-state index contributed by atoms with van der Waals surface area (Å²) in [7, 11) is 1.84. The summed E-state index contributed by atoms with van der Waals surface area (Å²) in [6.45, 7) is -0.502. The van der Waals surface area contributed by atoms with Crippen LogP contribution in [0.4, 0.5) is 14.6 Å². The average Bonchev–Trinajstić information content (AvgIpc) is 3.16. The Bertz CT molecular complexity index is 932.